The molecular formula is C23H19ClN2O3. The zero-order valence-corrected chi connectivity index (χ0v) is 16.6. The average molecular weight is 407 g/mol. The Kier molecular flexibility index (Phi) is 5.49. The molecule has 0 aliphatic heterocycles. The Morgan fingerprint density at radius 1 is 1.07 bits per heavy atom. The molecule has 0 saturated carbocycles. The SMILES string of the molecule is CCOc1ccc(C(=O)Nc2ccc(Cc3nc4cc(Cl)ccc4o3)cc2)cc1. The van der Waals surface area contributed by atoms with Gasteiger partial charge in [0.05, 0.1) is 6.61 Å². The lowest BCUT2D eigenvalue weighted by atomic mass is 10.1. The smallest absolute Gasteiger partial charge is 0.255 e. The number of benzene rings is 3. The van der Waals surface area contributed by atoms with Gasteiger partial charge in [-0.15, -0.1) is 0 Å². The molecule has 1 aromatic heterocycles. The summed E-state index contributed by atoms with van der Waals surface area (Å²) in [5, 5.41) is 3.52. The van der Waals surface area contributed by atoms with Crippen molar-refractivity contribution in [1.29, 1.82) is 0 Å². The number of hydrogen-bond acceptors (Lipinski definition) is 4. The Morgan fingerprint density at radius 2 is 1.83 bits per heavy atom. The van der Waals surface area contributed by atoms with Gasteiger partial charge in [0, 0.05) is 22.7 Å². The molecule has 1 heterocycles. The molecule has 1 N–H and O–H groups in total. The summed E-state index contributed by atoms with van der Waals surface area (Å²) < 4.78 is 11.2. The standard InChI is InChI=1S/C23H19ClN2O3/c1-2-28-19-10-5-16(6-11-19)23(27)25-18-8-3-15(4-9-18)13-22-26-20-14-17(24)7-12-21(20)29-22/h3-12,14H,2,13H2,1H3,(H,25,27). The van der Waals surface area contributed by atoms with Gasteiger partial charge in [0.2, 0.25) is 0 Å². The van der Waals surface area contributed by atoms with E-state index in [9.17, 15) is 4.79 Å². The highest BCUT2D eigenvalue weighted by Crippen LogP contribution is 2.22. The van der Waals surface area contributed by atoms with E-state index in [2.05, 4.69) is 10.3 Å². The summed E-state index contributed by atoms with van der Waals surface area (Å²) in [6, 6.07) is 20.0. The maximum absolute atomic E-state index is 12.4. The Hall–Kier alpha value is -3.31. The van der Waals surface area contributed by atoms with Crippen LogP contribution >= 0.6 is 11.6 Å². The Morgan fingerprint density at radius 3 is 2.55 bits per heavy atom. The van der Waals surface area contributed by atoms with E-state index in [1.807, 2.05) is 37.3 Å². The molecule has 0 atom stereocenters. The summed E-state index contributed by atoms with van der Waals surface area (Å²) in [6.07, 6.45) is 0.555. The molecule has 0 fully saturated rings. The molecule has 0 saturated heterocycles. The van der Waals surface area contributed by atoms with Gasteiger partial charge < -0.3 is 14.5 Å². The number of aromatic nitrogens is 1. The molecule has 3 aromatic carbocycles. The highest BCUT2D eigenvalue weighted by Gasteiger charge is 2.09. The number of ether oxygens (including phenoxy) is 1. The first-order valence-electron chi connectivity index (χ1n) is 9.29. The molecule has 0 aliphatic rings. The number of oxazole rings is 1. The molecule has 0 spiro atoms. The van der Waals surface area contributed by atoms with Gasteiger partial charge in [-0.3, -0.25) is 4.79 Å². The molecule has 4 aromatic rings. The van der Waals surface area contributed by atoms with E-state index >= 15 is 0 Å². The fourth-order valence-corrected chi connectivity index (χ4v) is 3.14. The van der Waals surface area contributed by atoms with Gasteiger partial charge in [0.25, 0.3) is 5.91 Å². The summed E-state index contributed by atoms with van der Waals surface area (Å²) in [4.78, 5) is 16.9. The lowest BCUT2D eigenvalue weighted by Gasteiger charge is -2.07. The molecule has 0 unspecified atom stereocenters. The van der Waals surface area contributed by atoms with Crippen LogP contribution in [0.3, 0.4) is 0 Å². The van der Waals surface area contributed by atoms with Crippen LogP contribution in [0.25, 0.3) is 11.1 Å². The van der Waals surface area contributed by atoms with E-state index in [4.69, 9.17) is 20.8 Å². The molecule has 4 rings (SSSR count). The minimum Gasteiger partial charge on any atom is -0.494 e. The second kappa shape index (κ2) is 8.37. The molecular weight excluding hydrogens is 388 g/mol. The van der Waals surface area contributed by atoms with Crippen molar-refractivity contribution in [2.45, 2.75) is 13.3 Å². The van der Waals surface area contributed by atoms with E-state index in [0.717, 1.165) is 22.5 Å². The van der Waals surface area contributed by atoms with Crippen molar-refractivity contribution in [3.63, 3.8) is 0 Å². The van der Waals surface area contributed by atoms with Gasteiger partial charge >= 0.3 is 0 Å². The van der Waals surface area contributed by atoms with Crippen LogP contribution in [0.15, 0.2) is 71.1 Å². The van der Waals surface area contributed by atoms with Crippen molar-refractivity contribution < 1.29 is 13.9 Å². The number of carbonyl (C=O) groups is 1. The van der Waals surface area contributed by atoms with E-state index in [0.29, 0.717) is 35.1 Å². The van der Waals surface area contributed by atoms with E-state index < -0.39 is 0 Å². The van der Waals surface area contributed by atoms with Gasteiger partial charge in [-0.05, 0) is 67.1 Å². The van der Waals surface area contributed by atoms with Gasteiger partial charge in [-0.2, -0.15) is 0 Å². The van der Waals surface area contributed by atoms with Gasteiger partial charge in [0.1, 0.15) is 11.3 Å². The van der Waals surface area contributed by atoms with Crippen LogP contribution in [0.2, 0.25) is 5.02 Å². The predicted molar refractivity (Wildman–Crippen MR) is 114 cm³/mol. The molecule has 0 aliphatic carbocycles. The van der Waals surface area contributed by atoms with Gasteiger partial charge in [-0.25, -0.2) is 4.98 Å². The summed E-state index contributed by atoms with van der Waals surface area (Å²) in [5.74, 6) is 1.19. The zero-order chi connectivity index (χ0) is 20.2. The highest BCUT2D eigenvalue weighted by molar-refractivity contribution is 6.31. The maximum Gasteiger partial charge on any atom is 0.255 e. The minimum absolute atomic E-state index is 0.170. The first kappa shape index (κ1) is 19.0. The van der Waals surface area contributed by atoms with Gasteiger partial charge in [0.15, 0.2) is 11.5 Å². The van der Waals surface area contributed by atoms with E-state index in [-0.39, 0.29) is 5.91 Å². The van der Waals surface area contributed by atoms with Crippen molar-refractivity contribution in [1.82, 2.24) is 4.98 Å². The third-order valence-electron chi connectivity index (χ3n) is 4.39. The van der Waals surface area contributed by atoms with Crippen LogP contribution in [0.4, 0.5) is 5.69 Å². The summed E-state index contributed by atoms with van der Waals surface area (Å²) >= 11 is 5.99. The predicted octanol–water partition coefficient (Wildman–Crippen LogP) is 5.72. The number of amides is 1. The van der Waals surface area contributed by atoms with Crippen molar-refractivity contribution in [2.75, 3.05) is 11.9 Å². The molecule has 6 heteroatoms. The fourth-order valence-electron chi connectivity index (χ4n) is 2.98. The van der Waals surface area contributed by atoms with Crippen LogP contribution < -0.4 is 10.1 Å². The largest absolute Gasteiger partial charge is 0.494 e. The van der Waals surface area contributed by atoms with Crippen LogP contribution in [-0.4, -0.2) is 17.5 Å². The molecule has 0 radical (unpaired) electrons. The number of rotatable bonds is 6. The third kappa shape index (κ3) is 4.58. The fraction of sp³-hybridized carbons (Fsp3) is 0.130. The van der Waals surface area contributed by atoms with Crippen molar-refractivity contribution in [3.05, 3.63) is 88.8 Å². The average Bonchev–Trinajstić information content (AvgIpc) is 3.11. The molecule has 5 nitrogen and oxygen atoms in total. The quantitative estimate of drug-likeness (QED) is 0.444. The number of anilines is 1. The van der Waals surface area contributed by atoms with Crippen molar-refractivity contribution in [3.8, 4) is 5.75 Å². The number of carbonyl (C=O) groups excluding carboxylic acids is 1. The van der Waals surface area contributed by atoms with Crippen LogP contribution in [0.5, 0.6) is 5.75 Å². The highest BCUT2D eigenvalue weighted by atomic mass is 35.5. The number of nitrogens with one attached hydrogen (secondary N) is 1. The lowest BCUT2D eigenvalue weighted by Crippen LogP contribution is -2.11. The molecule has 29 heavy (non-hydrogen) atoms. The van der Waals surface area contributed by atoms with Crippen LogP contribution in [-0.2, 0) is 6.42 Å². The molecule has 1 amide bonds. The first-order chi connectivity index (χ1) is 14.1. The minimum atomic E-state index is -0.170. The maximum atomic E-state index is 12.4. The Bertz CT molecular complexity index is 1140. The number of hydrogen-bond donors (Lipinski definition) is 1. The third-order valence-corrected chi connectivity index (χ3v) is 4.62. The topological polar surface area (TPSA) is 64.4 Å². The molecule has 146 valence electrons. The second-order valence-electron chi connectivity index (χ2n) is 6.50. The summed E-state index contributed by atoms with van der Waals surface area (Å²) in [6.45, 7) is 2.51. The monoisotopic (exact) mass is 406 g/mol. The number of nitrogens with zero attached hydrogens (tertiary/aromatic N) is 1. The number of halogens is 1. The van der Waals surface area contributed by atoms with Crippen molar-refractivity contribution >= 4 is 34.3 Å². The van der Waals surface area contributed by atoms with Crippen molar-refractivity contribution in [2.24, 2.45) is 0 Å². The van der Waals surface area contributed by atoms with Gasteiger partial charge in [-0.1, -0.05) is 23.7 Å². The Labute approximate surface area is 173 Å². The second-order valence-corrected chi connectivity index (χ2v) is 6.94. The summed E-state index contributed by atoms with van der Waals surface area (Å²) in [7, 11) is 0. The van der Waals surface area contributed by atoms with E-state index in [1.54, 1.807) is 36.4 Å². The molecule has 0 bridgehead atoms. The van der Waals surface area contributed by atoms with E-state index in [1.165, 1.54) is 0 Å². The van der Waals surface area contributed by atoms with Crippen LogP contribution in [0, 0.1) is 0 Å². The summed E-state index contributed by atoms with van der Waals surface area (Å²) in [5.41, 5.74) is 3.77. The normalized spacial score (nSPS) is 10.8. The zero-order valence-electron chi connectivity index (χ0n) is 15.8. The number of fused-ring (bicyclic) bond motifs is 1. The lowest BCUT2D eigenvalue weighted by molar-refractivity contribution is 0.102. The first-order valence-corrected chi connectivity index (χ1v) is 9.66. The van der Waals surface area contributed by atoms with Crippen LogP contribution in [0.1, 0.15) is 28.7 Å². The Balaban J connectivity index is 1.41.